The Morgan fingerprint density at radius 2 is 2.19 bits per heavy atom. The maximum atomic E-state index is 11.8. The predicted molar refractivity (Wildman–Crippen MR) is 76.7 cm³/mol. The Morgan fingerprint density at radius 3 is 2.76 bits per heavy atom. The molecule has 0 aromatic carbocycles. The predicted octanol–water partition coefficient (Wildman–Crippen LogP) is 2.45. The lowest BCUT2D eigenvalue weighted by Crippen LogP contribution is -2.44. The Bertz CT molecular complexity index is 587. The molecule has 0 aliphatic carbocycles. The van der Waals surface area contributed by atoms with Crippen LogP contribution in [0.4, 0.5) is 4.79 Å². The van der Waals surface area contributed by atoms with Crippen molar-refractivity contribution in [2.45, 2.75) is 32.4 Å². The van der Waals surface area contributed by atoms with Crippen molar-refractivity contribution < 1.29 is 18.7 Å². The number of aliphatic hydroxyl groups is 1. The molecule has 0 bridgehead atoms. The maximum absolute atomic E-state index is 11.8. The molecule has 2 heterocycles. The van der Waals surface area contributed by atoms with Crippen molar-refractivity contribution >= 4 is 6.03 Å². The van der Waals surface area contributed by atoms with Gasteiger partial charge in [-0.1, -0.05) is 0 Å². The zero-order valence-electron chi connectivity index (χ0n) is 12.3. The molecule has 2 aromatic heterocycles. The van der Waals surface area contributed by atoms with Crippen LogP contribution in [-0.4, -0.2) is 17.7 Å². The first-order valence-electron chi connectivity index (χ1n) is 6.75. The summed E-state index contributed by atoms with van der Waals surface area (Å²) in [6, 6.07) is 6.36. The minimum absolute atomic E-state index is 0.0379. The van der Waals surface area contributed by atoms with Crippen molar-refractivity contribution in [1.29, 1.82) is 0 Å². The molecule has 0 aliphatic rings. The number of urea groups is 1. The van der Waals surface area contributed by atoms with Crippen molar-refractivity contribution in [2.75, 3.05) is 6.54 Å². The fraction of sp³-hybridized carbons (Fsp3) is 0.400. The minimum Gasteiger partial charge on any atom is -0.466 e. The first-order chi connectivity index (χ1) is 9.88. The van der Waals surface area contributed by atoms with E-state index in [0.29, 0.717) is 11.5 Å². The van der Waals surface area contributed by atoms with Gasteiger partial charge in [-0.15, -0.1) is 0 Å². The maximum Gasteiger partial charge on any atom is 0.315 e. The smallest absolute Gasteiger partial charge is 0.315 e. The molecule has 0 saturated heterocycles. The zero-order valence-corrected chi connectivity index (χ0v) is 12.3. The van der Waals surface area contributed by atoms with Crippen LogP contribution in [0.3, 0.4) is 0 Å². The highest BCUT2D eigenvalue weighted by Gasteiger charge is 2.27. The summed E-state index contributed by atoms with van der Waals surface area (Å²) in [4.78, 5) is 11.8. The standard InChI is InChI=1S/C15H20N2O4/c1-10-6-7-12(21-10)11(2)17-14(18)16-9-15(3,19)13-5-4-8-20-13/h4-8,11,19H,9H2,1-3H3,(H2,16,17,18). The number of nitrogens with one attached hydrogen (secondary N) is 2. The second-order valence-electron chi connectivity index (χ2n) is 5.25. The van der Waals surface area contributed by atoms with E-state index < -0.39 is 5.60 Å². The molecule has 2 amide bonds. The molecule has 6 heteroatoms. The van der Waals surface area contributed by atoms with Crippen LogP contribution >= 0.6 is 0 Å². The van der Waals surface area contributed by atoms with Crippen LogP contribution in [0.25, 0.3) is 0 Å². The third kappa shape index (κ3) is 3.88. The number of hydrogen-bond acceptors (Lipinski definition) is 4. The second kappa shape index (κ2) is 6.05. The molecule has 0 spiro atoms. The summed E-state index contributed by atoms with van der Waals surface area (Å²) in [5.74, 6) is 1.87. The van der Waals surface area contributed by atoms with E-state index in [0.717, 1.165) is 5.76 Å². The summed E-state index contributed by atoms with van der Waals surface area (Å²) in [6.07, 6.45) is 1.48. The Balaban J connectivity index is 1.85. The SMILES string of the molecule is Cc1ccc(C(C)NC(=O)NCC(C)(O)c2ccco2)o1. The first-order valence-corrected chi connectivity index (χ1v) is 6.75. The molecule has 2 aromatic rings. The highest BCUT2D eigenvalue weighted by Crippen LogP contribution is 2.20. The fourth-order valence-corrected chi connectivity index (χ4v) is 1.93. The van der Waals surface area contributed by atoms with Gasteiger partial charge in [0, 0.05) is 0 Å². The molecule has 2 rings (SSSR count). The molecule has 0 saturated carbocycles. The van der Waals surface area contributed by atoms with E-state index in [-0.39, 0.29) is 18.6 Å². The molecule has 0 fully saturated rings. The monoisotopic (exact) mass is 292 g/mol. The molecule has 0 radical (unpaired) electrons. The number of carbonyl (C=O) groups excluding carboxylic acids is 1. The van der Waals surface area contributed by atoms with Gasteiger partial charge in [-0.25, -0.2) is 4.79 Å². The summed E-state index contributed by atoms with van der Waals surface area (Å²) >= 11 is 0. The Labute approximate surface area is 123 Å². The lowest BCUT2D eigenvalue weighted by Gasteiger charge is -2.22. The largest absolute Gasteiger partial charge is 0.466 e. The van der Waals surface area contributed by atoms with Crippen molar-refractivity contribution in [3.63, 3.8) is 0 Å². The van der Waals surface area contributed by atoms with E-state index >= 15 is 0 Å². The van der Waals surface area contributed by atoms with E-state index in [1.807, 2.05) is 26.0 Å². The van der Waals surface area contributed by atoms with Crippen molar-refractivity contribution in [3.8, 4) is 0 Å². The Kier molecular flexibility index (Phi) is 4.37. The highest BCUT2D eigenvalue weighted by atomic mass is 16.4. The van der Waals surface area contributed by atoms with Gasteiger partial charge in [0.2, 0.25) is 0 Å². The quantitative estimate of drug-likeness (QED) is 0.790. The van der Waals surface area contributed by atoms with Gasteiger partial charge >= 0.3 is 6.03 Å². The van der Waals surface area contributed by atoms with Crippen LogP contribution in [0.1, 0.15) is 37.2 Å². The third-order valence-electron chi connectivity index (χ3n) is 3.18. The summed E-state index contributed by atoms with van der Waals surface area (Å²) in [7, 11) is 0. The molecule has 114 valence electrons. The summed E-state index contributed by atoms with van der Waals surface area (Å²) in [5, 5.41) is 15.6. The lowest BCUT2D eigenvalue weighted by atomic mass is 10.0. The fourth-order valence-electron chi connectivity index (χ4n) is 1.93. The number of hydrogen-bond donors (Lipinski definition) is 3. The second-order valence-corrected chi connectivity index (χ2v) is 5.25. The number of rotatable bonds is 5. The van der Waals surface area contributed by atoms with Crippen LogP contribution in [0.15, 0.2) is 39.4 Å². The Morgan fingerprint density at radius 1 is 1.43 bits per heavy atom. The normalized spacial score (nSPS) is 15.2. The highest BCUT2D eigenvalue weighted by molar-refractivity contribution is 5.74. The molecule has 6 nitrogen and oxygen atoms in total. The molecule has 2 atom stereocenters. The van der Waals surface area contributed by atoms with Crippen LogP contribution in [0.5, 0.6) is 0 Å². The zero-order chi connectivity index (χ0) is 15.5. The van der Waals surface area contributed by atoms with Gasteiger partial charge in [0.25, 0.3) is 0 Å². The van der Waals surface area contributed by atoms with Gasteiger partial charge in [0.1, 0.15) is 22.9 Å². The van der Waals surface area contributed by atoms with Gasteiger partial charge in [0.05, 0.1) is 18.8 Å². The van der Waals surface area contributed by atoms with Crippen molar-refractivity contribution in [2.24, 2.45) is 0 Å². The van der Waals surface area contributed by atoms with Crippen LogP contribution < -0.4 is 10.6 Å². The Hall–Kier alpha value is -2.21. The van der Waals surface area contributed by atoms with E-state index in [1.54, 1.807) is 19.1 Å². The van der Waals surface area contributed by atoms with E-state index in [1.165, 1.54) is 6.26 Å². The molecular weight excluding hydrogens is 272 g/mol. The molecular formula is C15H20N2O4. The average Bonchev–Trinajstić information content (AvgIpc) is 3.07. The average molecular weight is 292 g/mol. The van der Waals surface area contributed by atoms with Gasteiger partial charge < -0.3 is 24.6 Å². The number of amides is 2. The molecule has 21 heavy (non-hydrogen) atoms. The van der Waals surface area contributed by atoms with Crippen LogP contribution in [-0.2, 0) is 5.60 Å². The van der Waals surface area contributed by atoms with Gasteiger partial charge in [0.15, 0.2) is 0 Å². The third-order valence-corrected chi connectivity index (χ3v) is 3.18. The van der Waals surface area contributed by atoms with Gasteiger partial charge in [-0.05, 0) is 45.0 Å². The summed E-state index contributed by atoms with van der Waals surface area (Å²) in [6.45, 7) is 5.28. The van der Waals surface area contributed by atoms with E-state index in [9.17, 15) is 9.90 Å². The number of carbonyl (C=O) groups is 1. The number of aryl methyl sites for hydroxylation is 1. The van der Waals surface area contributed by atoms with E-state index in [2.05, 4.69) is 10.6 Å². The topological polar surface area (TPSA) is 87.6 Å². The minimum atomic E-state index is -1.26. The van der Waals surface area contributed by atoms with Crippen LogP contribution in [0, 0.1) is 6.92 Å². The first kappa shape index (κ1) is 15.2. The van der Waals surface area contributed by atoms with Crippen molar-refractivity contribution in [1.82, 2.24) is 10.6 Å². The molecule has 0 aliphatic heterocycles. The van der Waals surface area contributed by atoms with Gasteiger partial charge in [-0.2, -0.15) is 0 Å². The van der Waals surface area contributed by atoms with Crippen molar-refractivity contribution in [3.05, 3.63) is 47.8 Å². The van der Waals surface area contributed by atoms with Crippen LogP contribution in [0.2, 0.25) is 0 Å². The lowest BCUT2D eigenvalue weighted by molar-refractivity contribution is 0.0366. The van der Waals surface area contributed by atoms with E-state index in [4.69, 9.17) is 8.83 Å². The van der Waals surface area contributed by atoms with Gasteiger partial charge in [-0.3, -0.25) is 0 Å². The summed E-state index contributed by atoms with van der Waals surface area (Å²) < 4.78 is 10.6. The molecule has 2 unspecified atom stereocenters. The molecule has 3 N–H and O–H groups in total. The summed E-state index contributed by atoms with van der Waals surface area (Å²) in [5.41, 5.74) is -1.26. The number of furan rings is 2.